The van der Waals surface area contributed by atoms with Crippen molar-refractivity contribution in [2.45, 2.75) is 6.42 Å². The summed E-state index contributed by atoms with van der Waals surface area (Å²) < 4.78 is 0. The maximum atomic E-state index is 4.21. The van der Waals surface area contributed by atoms with Crippen LogP contribution in [0.15, 0.2) is 23.6 Å². The minimum atomic E-state index is 0.562. The lowest BCUT2D eigenvalue weighted by Gasteiger charge is -1.97. The smallest absolute Gasteiger partial charge is 0.243 e. The van der Waals surface area contributed by atoms with Gasteiger partial charge in [-0.2, -0.15) is 16.9 Å². The average molecular weight is 194 g/mol. The number of hydrazone groups is 1. The highest BCUT2D eigenvalue weighted by molar-refractivity contribution is 8.00. The Kier molecular flexibility index (Phi) is 2.76. The van der Waals surface area contributed by atoms with E-state index in [1.165, 1.54) is 11.5 Å². The van der Waals surface area contributed by atoms with Gasteiger partial charge in [0.15, 0.2) is 0 Å². The Morgan fingerprint density at radius 3 is 2.92 bits per heavy atom. The second-order valence-electron chi connectivity index (χ2n) is 2.66. The molecule has 0 aromatic carbocycles. The Labute approximate surface area is 80.9 Å². The first-order valence-electron chi connectivity index (χ1n) is 4.11. The molecule has 0 spiro atoms. The van der Waals surface area contributed by atoms with Gasteiger partial charge in [0.25, 0.3) is 0 Å². The average Bonchev–Trinajstić information content (AvgIpc) is 2.69. The molecule has 2 heterocycles. The van der Waals surface area contributed by atoms with Crippen LogP contribution in [0.3, 0.4) is 0 Å². The fraction of sp³-hybridized carbons (Fsp3) is 0.375. The van der Waals surface area contributed by atoms with Crippen LogP contribution in [0.5, 0.6) is 0 Å². The Balaban J connectivity index is 1.95. The zero-order valence-corrected chi connectivity index (χ0v) is 7.92. The van der Waals surface area contributed by atoms with Crippen molar-refractivity contribution in [3.8, 4) is 0 Å². The van der Waals surface area contributed by atoms with E-state index in [-0.39, 0.29) is 0 Å². The standard InChI is InChI=1S/C8H10N4S/c1-3-9-8(10-4-1)12-11-7-2-5-13-6-7/h1,3-4H,2,5-6H2,(H,9,10,12)/b11-7-. The molecule has 0 saturated carbocycles. The maximum absolute atomic E-state index is 4.21. The van der Waals surface area contributed by atoms with Gasteiger partial charge in [0.2, 0.25) is 5.95 Å². The minimum absolute atomic E-state index is 0.562. The quantitative estimate of drug-likeness (QED) is 0.723. The Hall–Kier alpha value is -1.10. The molecule has 1 saturated heterocycles. The van der Waals surface area contributed by atoms with E-state index in [0.29, 0.717) is 5.95 Å². The van der Waals surface area contributed by atoms with Crippen LogP contribution < -0.4 is 5.43 Å². The summed E-state index contributed by atoms with van der Waals surface area (Å²) in [4.78, 5) is 8.01. The number of nitrogens with one attached hydrogen (secondary N) is 1. The molecule has 68 valence electrons. The van der Waals surface area contributed by atoms with E-state index < -0.39 is 0 Å². The van der Waals surface area contributed by atoms with Crippen LogP contribution in [0.25, 0.3) is 0 Å². The molecule has 13 heavy (non-hydrogen) atoms. The second-order valence-corrected chi connectivity index (χ2v) is 3.77. The zero-order valence-electron chi connectivity index (χ0n) is 7.10. The largest absolute Gasteiger partial charge is 0.245 e. The highest BCUT2D eigenvalue weighted by atomic mass is 32.2. The number of rotatable bonds is 2. The van der Waals surface area contributed by atoms with E-state index in [0.717, 1.165) is 12.2 Å². The van der Waals surface area contributed by atoms with E-state index in [1.807, 2.05) is 11.8 Å². The van der Waals surface area contributed by atoms with Crippen molar-refractivity contribution in [2.75, 3.05) is 16.9 Å². The van der Waals surface area contributed by atoms with Crippen molar-refractivity contribution in [3.63, 3.8) is 0 Å². The van der Waals surface area contributed by atoms with Crippen LogP contribution in [-0.4, -0.2) is 27.2 Å². The SMILES string of the molecule is c1cnc(N/N=C2/CCSC2)nc1. The molecule has 2 rings (SSSR count). The second kappa shape index (κ2) is 4.23. The van der Waals surface area contributed by atoms with Gasteiger partial charge in [-0.25, -0.2) is 15.4 Å². The molecule has 1 aromatic rings. The summed E-state index contributed by atoms with van der Waals surface area (Å²) in [6.07, 6.45) is 4.46. The number of thioether (sulfide) groups is 1. The monoisotopic (exact) mass is 194 g/mol. The molecule has 1 aromatic heterocycles. The summed E-state index contributed by atoms with van der Waals surface area (Å²) in [6, 6.07) is 1.78. The fourth-order valence-electron chi connectivity index (χ4n) is 1.03. The third kappa shape index (κ3) is 2.42. The summed E-state index contributed by atoms with van der Waals surface area (Å²) in [5, 5.41) is 4.21. The van der Waals surface area contributed by atoms with Crippen LogP contribution in [0.2, 0.25) is 0 Å². The molecule has 1 fully saturated rings. The lowest BCUT2D eigenvalue weighted by molar-refractivity contribution is 1.11. The number of aromatic nitrogens is 2. The van der Waals surface area contributed by atoms with Crippen molar-refractivity contribution >= 4 is 23.4 Å². The molecule has 0 bridgehead atoms. The van der Waals surface area contributed by atoms with Crippen molar-refractivity contribution in [1.82, 2.24) is 9.97 Å². The van der Waals surface area contributed by atoms with Gasteiger partial charge in [-0.05, 0) is 18.2 Å². The molecular formula is C8H10N4S. The first-order valence-corrected chi connectivity index (χ1v) is 5.27. The van der Waals surface area contributed by atoms with Crippen molar-refractivity contribution in [1.29, 1.82) is 0 Å². The predicted octanol–water partition coefficient (Wildman–Crippen LogP) is 1.38. The molecule has 1 aliphatic heterocycles. The highest BCUT2D eigenvalue weighted by Gasteiger charge is 2.07. The topological polar surface area (TPSA) is 50.2 Å². The number of nitrogens with zero attached hydrogens (tertiary/aromatic N) is 3. The molecule has 1 N–H and O–H groups in total. The van der Waals surface area contributed by atoms with Crippen molar-refractivity contribution in [2.24, 2.45) is 5.10 Å². The third-order valence-corrected chi connectivity index (χ3v) is 2.71. The van der Waals surface area contributed by atoms with Crippen LogP contribution in [0.1, 0.15) is 6.42 Å². The van der Waals surface area contributed by atoms with Gasteiger partial charge in [-0.15, -0.1) is 0 Å². The van der Waals surface area contributed by atoms with Crippen LogP contribution in [-0.2, 0) is 0 Å². The molecule has 4 nitrogen and oxygen atoms in total. The van der Waals surface area contributed by atoms with Gasteiger partial charge in [-0.3, -0.25) is 0 Å². The number of hydrogen-bond acceptors (Lipinski definition) is 5. The summed E-state index contributed by atoms with van der Waals surface area (Å²) in [5.74, 6) is 2.77. The van der Waals surface area contributed by atoms with Gasteiger partial charge >= 0.3 is 0 Å². The molecule has 0 atom stereocenters. The molecule has 1 aliphatic rings. The molecule has 0 aliphatic carbocycles. The van der Waals surface area contributed by atoms with Crippen molar-refractivity contribution < 1.29 is 0 Å². The first-order chi connectivity index (χ1) is 6.45. The molecular weight excluding hydrogens is 184 g/mol. The normalized spacial score (nSPS) is 19.2. The number of anilines is 1. The van der Waals surface area contributed by atoms with Gasteiger partial charge in [0.1, 0.15) is 0 Å². The minimum Gasteiger partial charge on any atom is -0.245 e. The molecule has 5 heteroatoms. The Bertz CT molecular complexity index is 290. The van der Waals surface area contributed by atoms with Crippen molar-refractivity contribution in [3.05, 3.63) is 18.5 Å². The van der Waals surface area contributed by atoms with E-state index in [1.54, 1.807) is 18.5 Å². The molecule has 0 unspecified atom stereocenters. The fourth-order valence-corrected chi connectivity index (χ4v) is 2.00. The van der Waals surface area contributed by atoms with Gasteiger partial charge in [0, 0.05) is 23.9 Å². The van der Waals surface area contributed by atoms with Crippen LogP contribution in [0, 0.1) is 0 Å². The number of hydrogen-bond donors (Lipinski definition) is 1. The zero-order chi connectivity index (χ0) is 8.93. The summed E-state index contributed by atoms with van der Waals surface area (Å²) in [7, 11) is 0. The van der Waals surface area contributed by atoms with E-state index in [4.69, 9.17) is 0 Å². The first kappa shape index (κ1) is 8.50. The van der Waals surface area contributed by atoms with E-state index in [2.05, 4.69) is 20.5 Å². The Morgan fingerprint density at radius 2 is 2.23 bits per heavy atom. The molecule has 0 amide bonds. The van der Waals surface area contributed by atoms with Crippen LogP contribution >= 0.6 is 11.8 Å². The van der Waals surface area contributed by atoms with E-state index >= 15 is 0 Å². The summed E-state index contributed by atoms with van der Waals surface area (Å²) >= 11 is 1.91. The predicted molar refractivity (Wildman–Crippen MR) is 55.0 cm³/mol. The lowest BCUT2D eigenvalue weighted by Crippen LogP contribution is -2.01. The van der Waals surface area contributed by atoms with Crippen LogP contribution in [0.4, 0.5) is 5.95 Å². The summed E-state index contributed by atoms with van der Waals surface area (Å²) in [5.41, 5.74) is 4.03. The van der Waals surface area contributed by atoms with Gasteiger partial charge in [0.05, 0.1) is 0 Å². The highest BCUT2D eigenvalue weighted by Crippen LogP contribution is 2.14. The van der Waals surface area contributed by atoms with E-state index in [9.17, 15) is 0 Å². The summed E-state index contributed by atoms with van der Waals surface area (Å²) in [6.45, 7) is 0. The van der Waals surface area contributed by atoms with Gasteiger partial charge in [-0.1, -0.05) is 0 Å². The third-order valence-electron chi connectivity index (χ3n) is 1.68. The van der Waals surface area contributed by atoms with Gasteiger partial charge < -0.3 is 0 Å². The maximum Gasteiger partial charge on any atom is 0.243 e. The molecule has 0 radical (unpaired) electrons. The Morgan fingerprint density at radius 1 is 1.38 bits per heavy atom. The lowest BCUT2D eigenvalue weighted by atomic mass is 10.3.